The molecular weight excluding hydrogens is 178 g/mol. The summed E-state index contributed by atoms with van der Waals surface area (Å²) in [4.78, 5) is 2.41. The fourth-order valence-electron chi connectivity index (χ4n) is 2.01. The minimum absolute atomic E-state index is 0.337. The molecule has 0 aromatic rings. The Labute approximate surface area is 85.8 Å². The first kappa shape index (κ1) is 11.3. The van der Waals surface area contributed by atoms with Crippen molar-refractivity contribution in [1.29, 1.82) is 0 Å². The third kappa shape index (κ3) is 3.54. The normalized spacial score (nSPS) is 25.2. The second-order valence-corrected chi connectivity index (χ2v) is 4.06. The molecule has 4 nitrogen and oxygen atoms in total. The number of likely N-dealkylation sites (tertiary alicyclic amines) is 1. The van der Waals surface area contributed by atoms with Gasteiger partial charge in [-0.3, -0.25) is 0 Å². The number of nitrogens with two attached hydrogens (primary N) is 1. The van der Waals surface area contributed by atoms with Crippen LogP contribution in [0.25, 0.3) is 0 Å². The summed E-state index contributed by atoms with van der Waals surface area (Å²) in [7, 11) is 0. The number of hydrogen-bond acceptors (Lipinski definition) is 3. The molecule has 4 heteroatoms. The number of nitrogens with zero attached hydrogens (tertiary/aromatic N) is 2. The molecule has 1 aliphatic rings. The fraction of sp³-hybridized carbons (Fsp3) is 0.900. The van der Waals surface area contributed by atoms with E-state index in [-0.39, 0.29) is 0 Å². The van der Waals surface area contributed by atoms with Crippen molar-refractivity contribution in [3.63, 3.8) is 0 Å². The van der Waals surface area contributed by atoms with E-state index >= 15 is 0 Å². The van der Waals surface area contributed by atoms with E-state index in [1.165, 1.54) is 25.8 Å². The predicted octanol–water partition coefficient (Wildman–Crippen LogP) is 1.24. The third-order valence-electron chi connectivity index (χ3n) is 2.99. The summed E-state index contributed by atoms with van der Waals surface area (Å²) in [5.74, 6) is 1.18. The summed E-state index contributed by atoms with van der Waals surface area (Å²) in [5, 5.41) is 11.4. The van der Waals surface area contributed by atoms with Gasteiger partial charge in [0.25, 0.3) is 0 Å². The lowest BCUT2D eigenvalue weighted by atomic mass is 9.95. The molecule has 0 bridgehead atoms. The maximum absolute atomic E-state index is 8.41. The van der Waals surface area contributed by atoms with Gasteiger partial charge >= 0.3 is 0 Å². The summed E-state index contributed by atoms with van der Waals surface area (Å²) in [6.45, 7) is 5.51. The Morgan fingerprint density at radius 2 is 2.43 bits per heavy atom. The number of oxime groups is 1. The SMILES string of the molecule is CCC1CCCN(CC/C(N)=N/O)C1. The van der Waals surface area contributed by atoms with Crippen LogP contribution in [-0.4, -0.2) is 35.6 Å². The van der Waals surface area contributed by atoms with Gasteiger partial charge in [0.15, 0.2) is 0 Å². The zero-order valence-corrected chi connectivity index (χ0v) is 8.95. The van der Waals surface area contributed by atoms with Gasteiger partial charge in [0.1, 0.15) is 5.84 Å². The molecule has 0 aromatic carbocycles. The van der Waals surface area contributed by atoms with Crippen LogP contribution < -0.4 is 5.73 Å². The lowest BCUT2D eigenvalue weighted by Crippen LogP contribution is -2.37. The molecule has 0 spiro atoms. The monoisotopic (exact) mass is 199 g/mol. The summed E-state index contributed by atoms with van der Waals surface area (Å²) in [6.07, 6.45) is 4.58. The standard InChI is InChI=1S/C10H21N3O/c1-2-9-4-3-6-13(8-9)7-5-10(11)12-14/h9,14H,2-8H2,1H3,(H2,11,12). The second-order valence-electron chi connectivity index (χ2n) is 4.06. The van der Waals surface area contributed by atoms with E-state index in [9.17, 15) is 0 Å². The Hall–Kier alpha value is -0.770. The molecule has 1 saturated heterocycles. The first-order chi connectivity index (χ1) is 6.76. The van der Waals surface area contributed by atoms with Crippen molar-refractivity contribution in [1.82, 2.24) is 4.90 Å². The Morgan fingerprint density at radius 3 is 3.07 bits per heavy atom. The summed E-state index contributed by atoms with van der Waals surface area (Å²) >= 11 is 0. The van der Waals surface area contributed by atoms with E-state index in [2.05, 4.69) is 17.0 Å². The highest BCUT2D eigenvalue weighted by molar-refractivity contribution is 5.79. The van der Waals surface area contributed by atoms with Gasteiger partial charge in [0, 0.05) is 19.5 Å². The van der Waals surface area contributed by atoms with E-state index in [0.717, 1.165) is 19.0 Å². The maximum Gasteiger partial charge on any atom is 0.140 e. The Bertz CT molecular complexity index is 194. The predicted molar refractivity (Wildman–Crippen MR) is 57.5 cm³/mol. The molecule has 3 N–H and O–H groups in total. The largest absolute Gasteiger partial charge is 0.409 e. The zero-order chi connectivity index (χ0) is 10.4. The lowest BCUT2D eigenvalue weighted by Gasteiger charge is -2.31. The molecule has 1 unspecified atom stereocenters. The average Bonchev–Trinajstić information content (AvgIpc) is 2.26. The quantitative estimate of drug-likeness (QED) is 0.310. The molecule has 82 valence electrons. The number of rotatable bonds is 4. The summed E-state index contributed by atoms with van der Waals surface area (Å²) in [6, 6.07) is 0. The number of piperidine rings is 1. The topological polar surface area (TPSA) is 61.8 Å². The highest BCUT2D eigenvalue weighted by Gasteiger charge is 2.17. The number of amidine groups is 1. The van der Waals surface area contributed by atoms with Gasteiger partial charge < -0.3 is 15.8 Å². The molecular formula is C10H21N3O. The van der Waals surface area contributed by atoms with Crippen molar-refractivity contribution in [3.8, 4) is 0 Å². The van der Waals surface area contributed by atoms with Gasteiger partial charge in [-0.05, 0) is 25.3 Å². The summed E-state index contributed by atoms with van der Waals surface area (Å²) in [5.41, 5.74) is 5.43. The third-order valence-corrected chi connectivity index (χ3v) is 2.99. The van der Waals surface area contributed by atoms with Crippen molar-refractivity contribution in [3.05, 3.63) is 0 Å². The molecule has 1 atom stereocenters. The van der Waals surface area contributed by atoms with E-state index in [0.29, 0.717) is 12.3 Å². The van der Waals surface area contributed by atoms with Crippen LogP contribution in [0.15, 0.2) is 5.16 Å². The maximum atomic E-state index is 8.41. The molecule has 0 amide bonds. The summed E-state index contributed by atoms with van der Waals surface area (Å²) < 4.78 is 0. The van der Waals surface area contributed by atoms with Crippen LogP contribution in [0.2, 0.25) is 0 Å². The average molecular weight is 199 g/mol. The van der Waals surface area contributed by atoms with Crippen molar-refractivity contribution in [2.45, 2.75) is 32.6 Å². The van der Waals surface area contributed by atoms with Crippen LogP contribution >= 0.6 is 0 Å². The second kappa shape index (κ2) is 5.86. The molecule has 1 fully saturated rings. The van der Waals surface area contributed by atoms with Gasteiger partial charge in [0.05, 0.1) is 0 Å². The van der Waals surface area contributed by atoms with E-state index in [1.54, 1.807) is 0 Å². The fourth-order valence-corrected chi connectivity index (χ4v) is 2.01. The van der Waals surface area contributed by atoms with Crippen molar-refractivity contribution >= 4 is 5.84 Å². The van der Waals surface area contributed by atoms with E-state index in [4.69, 9.17) is 10.9 Å². The highest BCUT2D eigenvalue weighted by atomic mass is 16.4. The molecule has 14 heavy (non-hydrogen) atoms. The van der Waals surface area contributed by atoms with Gasteiger partial charge in [-0.15, -0.1) is 0 Å². The molecule has 0 aromatic heterocycles. The van der Waals surface area contributed by atoms with Crippen LogP contribution in [0, 0.1) is 5.92 Å². The Balaban J connectivity index is 2.24. The van der Waals surface area contributed by atoms with E-state index < -0.39 is 0 Å². The minimum Gasteiger partial charge on any atom is -0.409 e. The molecule has 1 aliphatic heterocycles. The Kier molecular flexibility index (Phi) is 4.73. The zero-order valence-electron chi connectivity index (χ0n) is 8.95. The molecule has 0 aliphatic carbocycles. The molecule has 0 saturated carbocycles. The lowest BCUT2D eigenvalue weighted by molar-refractivity contribution is 0.175. The van der Waals surface area contributed by atoms with Crippen LogP contribution in [-0.2, 0) is 0 Å². The van der Waals surface area contributed by atoms with Crippen LogP contribution in [0.4, 0.5) is 0 Å². The van der Waals surface area contributed by atoms with Crippen molar-refractivity contribution in [2.24, 2.45) is 16.8 Å². The van der Waals surface area contributed by atoms with Crippen molar-refractivity contribution in [2.75, 3.05) is 19.6 Å². The first-order valence-corrected chi connectivity index (χ1v) is 5.45. The molecule has 0 radical (unpaired) electrons. The highest BCUT2D eigenvalue weighted by Crippen LogP contribution is 2.18. The van der Waals surface area contributed by atoms with Gasteiger partial charge in [0.2, 0.25) is 0 Å². The van der Waals surface area contributed by atoms with Gasteiger partial charge in [-0.25, -0.2) is 0 Å². The van der Waals surface area contributed by atoms with Gasteiger partial charge in [-0.2, -0.15) is 0 Å². The van der Waals surface area contributed by atoms with E-state index in [1.807, 2.05) is 0 Å². The molecule has 1 heterocycles. The first-order valence-electron chi connectivity index (χ1n) is 5.45. The van der Waals surface area contributed by atoms with Crippen molar-refractivity contribution < 1.29 is 5.21 Å². The minimum atomic E-state index is 0.337. The van der Waals surface area contributed by atoms with Gasteiger partial charge in [-0.1, -0.05) is 18.5 Å². The number of hydrogen-bond donors (Lipinski definition) is 2. The van der Waals surface area contributed by atoms with Crippen LogP contribution in [0.5, 0.6) is 0 Å². The molecule has 1 rings (SSSR count). The Morgan fingerprint density at radius 1 is 1.64 bits per heavy atom. The van der Waals surface area contributed by atoms with Crippen LogP contribution in [0.1, 0.15) is 32.6 Å². The van der Waals surface area contributed by atoms with Crippen LogP contribution in [0.3, 0.4) is 0 Å². The smallest absolute Gasteiger partial charge is 0.140 e.